The molecule has 0 aliphatic carbocycles. The molecule has 10 heteroatoms. The van der Waals surface area contributed by atoms with Gasteiger partial charge in [-0.1, -0.05) is 12.1 Å². The standard InChI is InChI=1S/C21H20F3N5O2/c22-18-5-1-15(2-6-18)17-9-10-28(11-17)20(30)16-3-7-19(8-4-16)31-13-21(23,24)12-29-14-25-26-27-29/h1-8,14,17H,9-13H2. The summed E-state index contributed by atoms with van der Waals surface area (Å²) in [5.74, 6) is -3.19. The Labute approximate surface area is 176 Å². The van der Waals surface area contributed by atoms with Crippen LogP contribution in [0.25, 0.3) is 0 Å². The number of halogens is 3. The van der Waals surface area contributed by atoms with Crippen molar-refractivity contribution in [1.82, 2.24) is 25.1 Å². The first-order valence-corrected chi connectivity index (χ1v) is 9.76. The topological polar surface area (TPSA) is 73.1 Å². The van der Waals surface area contributed by atoms with Crippen LogP contribution in [-0.2, 0) is 6.54 Å². The first-order valence-electron chi connectivity index (χ1n) is 9.76. The zero-order valence-corrected chi connectivity index (χ0v) is 16.5. The van der Waals surface area contributed by atoms with E-state index in [9.17, 15) is 18.0 Å². The highest BCUT2D eigenvalue weighted by atomic mass is 19.3. The maximum absolute atomic E-state index is 14.0. The van der Waals surface area contributed by atoms with E-state index in [1.807, 2.05) is 0 Å². The fourth-order valence-electron chi connectivity index (χ4n) is 3.55. The van der Waals surface area contributed by atoms with E-state index in [-0.39, 0.29) is 23.4 Å². The summed E-state index contributed by atoms with van der Waals surface area (Å²) in [7, 11) is 0. The van der Waals surface area contributed by atoms with Gasteiger partial charge in [-0.05, 0) is 58.8 Å². The Kier molecular flexibility index (Phi) is 5.88. The second-order valence-corrected chi connectivity index (χ2v) is 7.46. The number of nitrogens with zero attached hydrogens (tertiary/aromatic N) is 5. The summed E-state index contributed by atoms with van der Waals surface area (Å²) in [5.41, 5.74) is 1.45. The van der Waals surface area contributed by atoms with E-state index < -0.39 is 19.1 Å². The molecule has 162 valence electrons. The van der Waals surface area contributed by atoms with Crippen LogP contribution in [0.15, 0.2) is 54.9 Å². The number of likely N-dealkylation sites (tertiary alicyclic amines) is 1. The molecule has 1 saturated heterocycles. The van der Waals surface area contributed by atoms with Gasteiger partial charge in [0.1, 0.15) is 24.4 Å². The van der Waals surface area contributed by atoms with Gasteiger partial charge >= 0.3 is 5.92 Å². The molecular formula is C21H20F3N5O2. The Morgan fingerprint density at radius 2 is 1.87 bits per heavy atom. The van der Waals surface area contributed by atoms with Crippen molar-refractivity contribution in [2.45, 2.75) is 24.8 Å². The van der Waals surface area contributed by atoms with E-state index in [0.717, 1.165) is 23.0 Å². The fraction of sp³-hybridized carbons (Fsp3) is 0.333. The van der Waals surface area contributed by atoms with Crippen molar-refractivity contribution in [2.24, 2.45) is 0 Å². The number of benzene rings is 2. The highest BCUT2D eigenvalue weighted by Gasteiger charge is 2.32. The van der Waals surface area contributed by atoms with Gasteiger partial charge in [0, 0.05) is 24.6 Å². The number of carbonyl (C=O) groups is 1. The molecule has 7 nitrogen and oxygen atoms in total. The first-order chi connectivity index (χ1) is 14.9. The number of tetrazole rings is 1. The number of amides is 1. The van der Waals surface area contributed by atoms with Crippen LogP contribution in [0.2, 0.25) is 0 Å². The molecule has 0 N–H and O–H groups in total. The highest BCUT2D eigenvalue weighted by Crippen LogP contribution is 2.28. The van der Waals surface area contributed by atoms with Gasteiger partial charge in [-0.2, -0.15) is 0 Å². The van der Waals surface area contributed by atoms with Gasteiger partial charge in [0.15, 0.2) is 6.61 Å². The van der Waals surface area contributed by atoms with E-state index in [2.05, 4.69) is 15.5 Å². The molecule has 1 atom stereocenters. The van der Waals surface area contributed by atoms with E-state index >= 15 is 0 Å². The largest absolute Gasteiger partial charge is 0.487 e. The minimum Gasteiger partial charge on any atom is -0.487 e. The van der Waals surface area contributed by atoms with Gasteiger partial charge in [0.05, 0.1) is 0 Å². The minimum absolute atomic E-state index is 0.139. The zero-order valence-electron chi connectivity index (χ0n) is 16.5. The molecule has 1 aromatic heterocycles. The van der Waals surface area contributed by atoms with Crippen LogP contribution in [0.5, 0.6) is 5.75 Å². The van der Waals surface area contributed by atoms with Gasteiger partial charge in [-0.15, -0.1) is 5.10 Å². The third-order valence-corrected chi connectivity index (χ3v) is 5.15. The van der Waals surface area contributed by atoms with Crippen LogP contribution in [0.1, 0.15) is 28.3 Å². The van der Waals surface area contributed by atoms with Crippen LogP contribution in [-0.4, -0.2) is 56.6 Å². The lowest BCUT2D eigenvalue weighted by atomic mass is 9.99. The zero-order chi connectivity index (χ0) is 21.8. The summed E-state index contributed by atoms with van der Waals surface area (Å²) in [6.45, 7) is -0.388. The quantitative estimate of drug-likeness (QED) is 0.575. The van der Waals surface area contributed by atoms with Crippen molar-refractivity contribution in [1.29, 1.82) is 0 Å². The maximum Gasteiger partial charge on any atom is 0.300 e. The molecule has 0 radical (unpaired) electrons. The number of rotatable bonds is 7. The van der Waals surface area contributed by atoms with E-state index in [1.54, 1.807) is 29.2 Å². The molecule has 1 unspecified atom stereocenters. The smallest absolute Gasteiger partial charge is 0.300 e. The lowest BCUT2D eigenvalue weighted by Crippen LogP contribution is -2.31. The summed E-state index contributed by atoms with van der Waals surface area (Å²) in [6, 6.07) is 12.4. The normalized spacial score (nSPS) is 16.5. The summed E-state index contributed by atoms with van der Waals surface area (Å²) in [6.07, 6.45) is 1.91. The van der Waals surface area contributed by atoms with Gasteiger partial charge in [-0.3, -0.25) is 4.79 Å². The fourth-order valence-corrected chi connectivity index (χ4v) is 3.55. The highest BCUT2D eigenvalue weighted by molar-refractivity contribution is 5.94. The van der Waals surface area contributed by atoms with Crippen molar-refractivity contribution in [3.63, 3.8) is 0 Å². The number of hydrogen-bond donors (Lipinski definition) is 0. The number of ether oxygens (including phenoxy) is 1. The summed E-state index contributed by atoms with van der Waals surface area (Å²) < 4.78 is 47.1. The van der Waals surface area contributed by atoms with E-state index in [4.69, 9.17) is 4.74 Å². The molecular weight excluding hydrogens is 411 g/mol. The Morgan fingerprint density at radius 1 is 1.13 bits per heavy atom. The lowest BCUT2D eigenvalue weighted by Gasteiger charge is -2.18. The number of hydrogen-bond acceptors (Lipinski definition) is 5. The Hall–Kier alpha value is -3.43. The average molecular weight is 431 g/mol. The second kappa shape index (κ2) is 8.75. The molecule has 1 aliphatic rings. The van der Waals surface area contributed by atoms with Crippen LogP contribution in [0, 0.1) is 5.82 Å². The third-order valence-electron chi connectivity index (χ3n) is 5.15. The molecule has 2 aromatic carbocycles. The molecule has 1 fully saturated rings. The predicted molar refractivity (Wildman–Crippen MR) is 104 cm³/mol. The molecule has 1 aliphatic heterocycles. The SMILES string of the molecule is O=C(c1ccc(OCC(F)(F)Cn2cnnn2)cc1)N1CCC(c2ccc(F)cc2)C1. The van der Waals surface area contributed by atoms with Crippen LogP contribution in [0.3, 0.4) is 0 Å². The van der Waals surface area contributed by atoms with Crippen molar-refractivity contribution in [3.8, 4) is 5.75 Å². The van der Waals surface area contributed by atoms with Gasteiger partial charge in [0.25, 0.3) is 5.91 Å². The second-order valence-electron chi connectivity index (χ2n) is 7.46. The summed E-state index contributed by atoms with van der Waals surface area (Å²) in [5, 5.41) is 10.0. The van der Waals surface area contributed by atoms with Crippen LogP contribution >= 0.6 is 0 Å². The van der Waals surface area contributed by atoms with Crippen LogP contribution in [0.4, 0.5) is 13.2 Å². The first kappa shape index (κ1) is 20.8. The lowest BCUT2D eigenvalue weighted by molar-refractivity contribution is -0.0574. The third kappa shape index (κ3) is 5.19. The molecule has 2 heterocycles. The molecule has 3 aromatic rings. The number of alkyl halides is 2. The molecule has 0 spiro atoms. The van der Waals surface area contributed by atoms with E-state index in [0.29, 0.717) is 18.7 Å². The molecule has 1 amide bonds. The Morgan fingerprint density at radius 3 is 2.55 bits per heavy atom. The number of carbonyl (C=O) groups excluding carboxylic acids is 1. The van der Waals surface area contributed by atoms with E-state index in [1.165, 1.54) is 24.3 Å². The Bertz CT molecular complexity index is 1010. The average Bonchev–Trinajstić information content (AvgIpc) is 3.45. The number of aromatic nitrogens is 4. The van der Waals surface area contributed by atoms with Crippen molar-refractivity contribution < 1.29 is 22.7 Å². The van der Waals surface area contributed by atoms with Gasteiger partial charge in [-0.25, -0.2) is 17.9 Å². The summed E-state index contributed by atoms with van der Waals surface area (Å²) >= 11 is 0. The molecule has 0 saturated carbocycles. The Balaban J connectivity index is 1.31. The van der Waals surface area contributed by atoms with Crippen molar-refractivity contribution >= 4 is 5.91 Å². The molecule has 31 heavy (non-hydrogen) atoms. The van der Waals surface area contributed by atoms with Gasteiger partial charge in [0.2, 0.25) is 0 Å². The minimum atomic E-state index is -3.16. The predicted octanol–water partition coefficient (Wildman–Crippen LogP) is 3.16. The molecule has 0 bridgehead atoms. The molecule has 4 rings (SSSR count). The van der Waals surface area contributed by atoms with Crippen molar-refractivity contribution in [2.75, 3.05) is 19.7 Å². The summed E-state index contributed by atoms with van der Waals surface area (Å²) in [4.78, 5) is 14.5. The van der Waals surface area contributed by atoms with Gasteiger partial charge < -0.3 is 9.64 Å². The maximum atomic E-state index is 14.0. The monoisotopic (exact) mass is 431 g/mol. The van der Waals surface area contributed by atoms with Crippen LogP contribution < -0.4 is 4.74 Å². The van der Waals surface area contributed by atoms with Crippen molar-refractivity contribution in [3.05, 3.63) is 71.8 Å².